The molecule has 4 nitrogen and oxygen atoms in total. The normalized spacial score (nSPS) is 13.2. The second kappa shape index (κ2) is 7.79. The molecule has 0 aliphatic heterocycles. The van der Waals surface area contributed by atoms with Crippen LogP contribution >= 0.6 is 0 Å². The van der Waals surface area contributed by atoms with E-state index in [1.807, 2.05) is 13.0 Å². The lowest BCUT2D eigenvalue weighted by molar-refractivity contribution is -0.138. The average molecular weight is 211 g/mol. The van der Waals surface area contributed by atoms with E-state index in [0.717, 1.165) is 0 Å². The van der Waals surface area contributed by atoms with Crippen LogP contribution in [0.2, 0.25) is 0 Å². The van der Waals surface area contributed by atoms with Crippen LogP contribution in [0.3, 0.4) is 0 Å². The number of rotatable bonds is 6. The topological polar surface area (TPSA) is 66.4 Å². The van der Waals surface area contributed by atoms with Crippen molar-refractivity contribution in [2.45, 2.75) is 20.3 Å². The lowest BCUT2D eigenvalue weighted by atomic mass is 10.1. The molecule has 0 aliphatic rings. The molecule has 0 rings (SSSR count). The molecular weight excluding hydrogens is 194 g/mol. The van der Waals surface area contributed by atoms with Gasteiger partial charge in [-0.2, -0.15) is 0 Å². The van der Waals surface area contributed by atoms with E-state index in [-0.39, 0.29) is 18.2 Å². The molecule has 15 heavy (non-hydrogen) atoms. The van der Waals surface area contributed by atoms with Crippen LogP contribution in [0.5, 0.6) is 0 Å². The quantitative estimate of drug-likeness (QED) is 0.514. The summed E-state index contributed by atoms with van der Waals surface area (Å²) in [6.45, 7) is 4.02. The molecule has 0 fully saturated rings. The van der Waals surface area contributed by atoms with Gasteiger partial charge >= 0.3 is 5.97 Å². The Morgan fingerprint density at radius 1 is 1.40 bits per heavy atom. The fourth-order valence-corrected chi connectivity index (χ4v) is 0.958. The van der Waals surface area contributed by atoms with Gasteiger partial charge in [-0.25, -0.2) is 0 Å². The van der Waals surface area contributed by atoms with Crippen LogP contribution in [0.1, 0.15) is 20.3 Å². The van der Waals surface area contributed by atoms with Crippen molar-refractivity contribution in [1.82, 2.24) is 5.32 Å². The fourth-order valence-electron chi connectivity index (χ4n) is 0.958. The number of amides is 1. The number of carboxylic acid groups (broad SMARTS) is 1. The Morgan fingerprint density at radius 2 is 2.07 bits per heavy atom. The summed E-state index contributed by atoms with van der Waals surface area (Å²) < 4.78 is 0. The van der Waals surface area contributed by atoms with Crippen LogP contribution in [0, 0.1) is 5.92 Å². The first-order chi connectivity index (χ1) is 7.06. The van der Waals surface area contributed by atoms with Crippen LogP contribution in [0.15, 0.2) is 24.3 Å². The van der Waals surface area contributed by atoms with Gasteiger partial charge in [-0.1, -0.05) is 25.2 Å². The maximum Gasteiger partial charge on any atom is 0.303 e. The molecule has 0 aromatic carbocycles. The largest absolute Gasteiger partial charge is 0.481 e. The van der Waals surface area contributed by atoms with E-state index in [0.29, 0.717) is 6.54 Å². The summed E-state index contributed by atoms with van der Waals surface area (Å²) in [6.07, 6.45) is 6.68. The molecule has 0 spiro atoms. The summed E-state index contributed by atoms with van der Waals surface area (Å²) in [5.74, 6) is -1.10. The minimum absolute atomic E-state index is 0.0541. The van der Waals surface area contributed by atoms with Crippen molar-refractivity contribution in [3.8, 4) is 0 Å². The zero-order valence-electron chi connectivity index (χ0n) is 9.06. The van der Waals surface area contributed by atoms with Crippen molar-refractivity contribution in [1.29, 1.82) is 0 Å². The van der Waals surface area contributed by atoms with Crippen LogP contribution in [-0.2, 0) is 9.59 Å². The second-order valence-corrected chi connectivity index (χ2v) is 3.33. The molecule has 0 bridgehead atoms. The monoisotopic (exact) mass is 211 g/mol. The van der Waals surface area contributed by atoms with E-state index in [1.54, 1.807) is 19.1 Å². The average Bonchev–Trinajstić information content (AvgIpc) is 2.14. The van der Waals surface area contributed by atoms with Gasteiger partial charge in [-0.15, -0.1) is 0 Å². The van der Waals surface area contributed by atoms with Crippen molar-refractivity contribution in [3.63, 3.8) is 0 Å². The zero-order valence-corrected chi connectivity index (χ0v) is 9.06. The minimum Gasteiger partial charge on any atom is -0.481 e. The summed E-state index contributed by atoms with van der Waals surface area (Å²) in [4.78, 5) is 21.5. The number of allylic oxidation sites excluding steroid dienone is 3. The van der Waals surface area contributed by atoms with Crippen molar-refractivity contribution < 1.29 is 14.7 Å². The van der Waals surface area contributed by atoms with Crippen LogP contribution in [-0.4, -0.2) is 23.5 Å². The van der Waals surface area contributed by atoms with Crippen LogP contribution in [0.4, 0.5) is 0 Å². The highest BCUT2D eigenvalue weighted by Gasteiger charge is 2.07. The summed E-state index contributed by atoms with van der Waals surface area (Å²) >= 11 is 0. The third kappa shape index (κ3) is 8.74. The molecule has 84 valence electrons. The smallest absolute Gasteiger partial charge is 0.303 e. The first-order valence-electron chi connectivity index (χ1n) is 4.85. The number of carbonyl (C=O) groups is 2. The molecule has 0 aromatic heterocycles. The first-order valence-corrected chi connectivity index (χ1v) is 4.85. The Labute approximate surface area is 89.7 Å². The molecule has 0 aromatic rings. The number of carboxylic acids is 1. The van der Waals surface area contributed by atoms with Gasteiger partial charge in [0.05, 0.1) is 0 Å². The minimum atomic E-state index is -0.846. The summed E-state index contributed by atoms with van der Waals surface area (Å²) in [5.41, 5.74) is 0. The number of carbonyl (C=O) groups excluding carboxylic acids is 1. The predicted molar refractivity (Wildman–Crippen MR) is 58.4 cm³/mol. The van der Waals surface area contributed by atoms with Gasteiger partial charge in [0.2, 0.25) is 5.91 Å². The number of nitrogens with one attached hydrogen (secondary N) is 1. The van der Waals surface area contributed by atoms with E-state index in [9.17, 15) is 9.59 Å². The number of hydrogen-bond donors (Lipinski definition) is 2. The van der Waals surface area contributed by atoms with Gasteiger partial charge in [-0.3, -0.25) is 9.59 Å². The van der Waals surface area contributed by atoms with Crippen molar-refractivity contribution >= 4 is 11.9 Å². The second-order valence-electron chi connectivity index (χ2n) is 3.33. The fraction of sp³-hybridized carbons (Fsp3) is 0.455. The van der Waals surface area contributed by atoms with Gasteiger partial charge < -0.3 is 10.4 Å². The maximum atomic E-state index is 11.1. The lowest BCUT2D eigenvalue weighted by Gasteiger charge is -2.08. The molecule has 4 heteroatoms. The third-order valence-corrected chi connectivity index (χ3v) is 1.70. The molecule has 0 radical (unpaired) electrons. The summed E-state index contributed by atoms with van der Waals surface area (Å²) in [5, 5.41) is 11.1. The number of aliphatic carboxylic acids is 1. The molecule has 1 amide bonds. The maximum absolute atomic E-state index is 11.1. The van der Waals surface area contributed by atoms with Crippen molar-refractivity contribution in [2.75, 3.05) is 6.54 Å². The molecular formula is C11H17NO3. The van der Waals surface area contributed by atoms with Gasteiger partial charge in [-0.05, 0) is 12.8 Å². The lowest BCUT2D eigenvalue weighted by Crippen LogP contribution is -2.27. The van der Waals surface area contributed by atoms with Crippen molar-refractivity contribution in [3.05, 3.63) is 24.3 Å². The summed E-state index contributed by atoms with van der Waals surface area (Å²) in [7, 11) is 0. The highest BCUT2D eigenvalue weighted by molar-refractivity contribution is 5.87. The highest BCUT2D eigenvalue weighted by atomic mass is 16.4. The molecule has 1 unspecified atom stereocenters. The highest BCUT2D eigenvalue weighted by Crippen LogP contribution is 1.98. The van der Waals surface area contributed by atoms with Crippen molar-refractivity contribution in [2.24, 2.45) is 5.92 Å². The van der Waals surface area contributed by atoms with Gasteiger partial charge in [0, 0.05) is 19.0 Å². The molecule has 1 atom stereocenters. The Balaban J connectivity index is 3.75. The van der Waals surface area contributed by atoms with E-state index in [1.165, 1.54) is 6.08 Å². The van der Waals surface area contributed by atoms with E-state index in [2.05, 4.69) is 5.32 Å². The molecule has 2 N–H and O–H groups in total. The van der Waals surface area contributed by atoms with Crippen LogP contribution < -0.4 is 5.32 Å². The van der Waals surface area contributed by atoms with E-state index < -0.39 is 5.97 Å². The zero-order chi connectivity index (χ0) is 11.7. The third-order valence-electron chi connectivity index (χ3n) is 1.70. The SMILES string of the molecule is CC=CC=CC(=O)NCC(C)CC(=O)O. The Hall–Kier alpha value is -1.58. The van der Waals surface area contributed by atoms with Crippen LogP contribution in [0.25, 0.3) is 0 Å². The van der Waals surface area contributed by atoms with E-state index >= 15 is 0 Å². The molecule has 0 aliphatic carbocycles. The standard InChI is InChI=1S/C11H17NO3/c1-3-4-5-6-10(13)12-8-9(2)7-11(14)15/h3-6,9H,7-8H2,1-2H3,(H,12,13)(H,14,15). The van der Waals surface area contributed by atoms with E-state index in [4.69, 9.17) is 5.11 Å². The Bertz CT molecular complexity index is 269. The predicted octanol–water partition coefficient (Wildman–Crippen LogP) is 1.35. The molecule has 0 saturated heterocycles. The van der Waals surface area contributed by atoms with Gasteiger partial charge in [0.15, 0.2) is 0 Å². The summed E-state index contributed by atoms with van der Waals surface area (Å²) in [6, 6.07) is 0. The molecule has 0 heterocycles. The van der Waals surface area contributed by atoms with Gasteiger partial charge in [0.25, 0.3) is 0 Å². The molecule has 0 saturated carbocycles. The Morgan fingerprint density at radius 3 is 2.60 bits per heavy atom. The Kier molecular flexibility index (Phi) is 6.97. The van der Waals surface area contributed by atoms with Gasteiger partial charge in [0.1, 0.15) is 0 Å². The number of hydrogen-bond acceptors (Lipinski definition) is 2. The first kappa shape index (κ1) is 13.4.